The first-order valence-electron chi connectivity index (χ1n) is 11.2. The second-order valence-corrected chi connectivity index (χ2v) is 11.1. The second-order valence-electron chi connectivity index (χ2n) is 8.40. The Kier molecular flexibility index (Phi) is 5.76. The Labute approximate surface area is 198 Å². The summed E-state index contributed by atoms with van der Waals surface area (Å²) in [6.07, 6.45) is 4.44. The lowest BCUT2D eigenvalue weighted by Crippen LogP contribution is -2.28. The van der Waals surface area contributed by atoms with Gasteiger partial charge in [-0.1, -0.05) is 60.7 Å². The Hall–Kier alpha value is -3.76. The molecule has 0 radical (unpaired) electrons. The third-order valence-electron chi connectivity index (χ3n) is 6.37. The molecule has 4 aromatic rings. The zero-order valence-electron chi connectivity index (χ0n) is 18.8. The first-order chi connectivity index (χ1) is 16.5. The minimum Gasteiger partial charge on any atom is -0.309 e. The Morgan fingerprint density at radius 2 is 1.50 bits per heavy atom. The van der Waals surface area contributed by atoms with Crippen molar-refractivity contribution in [2.75, 3.05) is 0 Å². The third kappa shape index (κ3) is 3.70. The summed E-state index contributed by atoms with van der Waals surface area (Å²) in [4.78, 5) is 10.5. The topological polar surface area (TPSA) is 77.5 Å². The van der Waals surface area contributed by atoms with Crippen LogP contribution in [-0.4, -0.2) is 15.8 Å². The number of fused-ring (bicyclic) bond motifs is 1. The number of hydrogen-bond donors (Lipinski definition) is 0. The van der Waals surface area contributed by atoms with E-state index < -0.39 is 12.1 Å². The Morgan fingerprint density at radius 1 is 0.912 bits per heavy atom. The molecule has 0 bridgehead atoms. The van der Waals surface area contributed by atoms with E-state index in [2.05, 4.69) is 0 Å². The summed E-state index contributed by atoms with van der Waals surface area (Å²) in [5.74, 6) is 0. The molecule has 1 aliphatic carbocycles. The second kappa shape index (κ2) is 8.88. The SMILES string of the molecule is Cc1c(P(=O)(c2ccccc2)c2ccccc2)c2c(n1/N=C/c1ccc([N+](=O)[O-])cc1)CCC2. The number of benzene rings is 3. The highest BCUT2D eigenvalue weighted by Gasteiger charge is 2.38. The van der Waals surface area contributed by atoms with Crippen LogP contribution in [0.3, 0.4) is 0 Å². The highest BCUT2D eigenvalue weighted by molar-refractivity contribution is 7.85. The molecule has 170 valence electrons. The molecule has 0 spiro atoms. The summed E-state index contributed by atoms with van der Waals surface area (Å²) in [5.41, 5.74) is 3.91. The van der Waals surface area contributed by atoms with Gasteiger partial charge < -0.3 is 4.57 Å². The molecule has 0 saturated heterocycles. The molecule has 0 N–H and O–H groups in total. The van der Waals surface area contributed by atoms with Crippen LogP contribution in [0.5, 0.6) is 0 Å². The molecule has 7 heteroatoms. The number of nitro groups is 1. The van der Waals surface area contributed by atoms with Crippen LogP contribution in [0, 0.1) is 17.0 Å². The van der Waals surface area contributed by atoms with Crippen molar-refractivity contribution >= 4 is 35.0 Å². The summed E-state index contributed by atoms with van der Waals surface area (Å²) in [6.45, 7) is 1.99. The van der Waals surface area contributed by atoms with E-state index in [1.54, 1.807) is 18.3 Å². The summed E-state index contributed by atoms with van der Waals surface area (Å²) in [6, 6.07) is 25.7. The van der Waals surface area contributed by atoms with Crippen molar-refractivity contribution in [1.29, 1.82) is 0 Å². The number of non-ortho nitro benzene ring substituents is 1. The lowest BCUT2D eigenvalue weighted by atomic mass is 10.2. The molecule has 1 aliphatic rings. The van der Waals surface area contributed by atoms with Gasteiger partial charge in [-0.25, -0.2) is 4.68 Å². The molecule has 0 fully saturated rings. The number of nitro benzene ring substituents is 1. The van der Waals surface area contributed by atoms with E-state index in [0.717, 1.165) is 57.7 Å². The van der Waals surface area contributed by atoms with E-state index in [0.29, 0.717) is 0 Å². The van der Waals surface area contributed by atoms with Crippen LogP contribution < -0.4 is 15.9 Å². The smallest absolute Gasteiger partial charge is 0.269 e. The third-order valence-corrected chi connectivity index (χ3v) is 9.65. The maximum atomic E-state index is 15.1. The monoisotopic (exact) mass is 469 g/mol. The van der Waals surface area contributed by atoms with Gasteiger partial charge in [0.15, 0.2) is 7.14 Å². The molecule has 3 aromatic carbocycles. The average Bonchev–Trinajstić information content (AvgIpc) is 3.44. The molecule has 6 nitrogen and oxygen atoms in total. The lowest BCUT2D eigenvalue weighted by Gasteiger charge is -2.21. The van der Waals surface area contributed by atoms with Crippen molar-refractivity contribution in [2.24, 2.45) is 5.10 Å². The maximum Gasteiger partial charge on any atom is 0.269 e. The van der Waals surface area contributed by atoms with Crippen molar-refractivity contribution in [3.05, 3.63) is 118 Å². The summed E-state index contributed by atoms with van der Waals surface area (Å²) < 4.78 is 17.0. The summed E-state index contributed by atoms with van der Waals surface area (Å²) in [5, 5.41) is 18.2. The highest BCUT2D eigenvalue weighted by atomic mass is 31.2. The zero-order valence-corrected chi connectivity index (χ0v) is 19.7. The predicted molar refractivity (Wildman–Crippen MR) is 137 cm³/mol. The molecule has 0 unspecified atom stereocenters. The largest absolute Gasteiger partial charge is 0.309 e. The van der Waals surface area contributed by atoms with Crippen LogP contribution in [0.15, 0.2) is 90.0 Å². The van der Waals surface area contributed by atoms with Crippen molar-refractivity contribution in [3.8, 4) is 0 Å². The number of hydrogen-bond acceptors (Lipinski definition) is 4. The molecule has 1 heterocycles. The maximum absolute atomic E-state index is 15.1. The highest BCUT2D eigenvalue weighted by Crippen LogP contribution is 2.47. The van der Waals surface area contributed by atoms with Crippen molar-refractivity contribution in [1.82, 2.24) is 4.68 Å². The average molecular weight is 469 g/mol. The minimum atomic E-state index is -3.12. The van der Waals surface area contributed by atoms with Gasteiger partial charge in [0.1, 0.15) is 0 Å². The fourth-order valence-corrected chi connectivity index (χ4v) is 7.97. The van der Waals surface area contributed by atoms with E-state index in [1.807, 2.05) is 72.3 Å². The van der Waals surface area contributed by atoms with Crippen LogP contribution >= 0.6 is 7.14 Å². The first kappa shape index (κ1) is 22.1. The van der Waals surface area contributed by atoms with Gasteiger partial charge in [0.2, 0.25) is 0 Å². The van der Waals surface area contributed by atoms with E-state index in [1.165, 1.54) is 12.1 Å². The van der Waals surface area contributed by atoms with Gasteiger partial charge >= 0.3 is 0 Å². The molecule has 5 rings (SSSR count). The van der Waals surface area contributed by atoms with Gasteiger partial charge in [0.25, 0.3) is 5.69 Å². The van der Waals surface area contributed by atoms with Crippen molar-refractivity contribution in [3.63, 3.8) is 0 Å². The van der Waals surface area contributed by atoms with Crippen LogP contribution in [0.2, 0.25) is 0 Å². The van der Waals surface area contributed by atoms with E-state index in [-0.39, 0.29) is 5.69 Å². The minimum absolute atomic E-state index is 0.0455. The molecule has 1 aromatic heterocycles. The Bertz CT molecular complexity index is 1380. The van der Waals surface area contributed by atoms with E-state index in [4.69, 9.17) is 5.10 Å². The van der Waals surface area contributed by atoms with Gasteiger partial charge in [0.05, 0.1) is 16.8 Å². The van der Waals surface area contributed by atoms with Gasteiger partial charge in [-0.05, 0) is 49.4 Å². The van der Waals surface area contributed by atoms with Crippen LogP contribution in [0.25, 0.3) is 0 Å². The van der Waals surface area contributed by atoms with Gasteiger partial charge in [-0.2, -0.15) is 5.10 Å². The number of aromatic nitrogens is 1. The standard InChI is InChI=1S/C27H24N3O3P/c1-20-27(34(33,23-9-4-2-5-10-23)24-11-6-3-7-12-24)25-13-8-14-26(25)29(20)28-19-21-15-17-22(18-16-21)30(31)32/h2-7,9-12,15-19H,8,13-14H2,1H3/b28-19+. The van der Waals surface area contributed by atoms with E-state index in [9.17, 15) is 10.1 Å². The van der Waals surface area contributed by atoms with Gasteiger partial charge in [0, 0.05) is 33.7 Å². The molecule has 0 amide bonds. The fraction of sp³-hybridized carbons (Fsp3) is 0.148. The normalized spacial score (nSPS) is 13.3. The predicted octanol–water partition coefficient (Wildman–Crippen LogP) is 4.72. The van der Waals surface area contributed by atoms with Crippen molar-refractivity contribution < 1.29 is 9.49 Å². The molecule has 0 saturated carbocycles. The van der Waals surface area contributed by atoms with Crippen LogP contribution in [0.1, 0.15) is 28.9 Å². The van der Waals surface area contributed by atoms with Gasteiger partial charge in [-0.3, -0.25) is 10.1 Å². The molecule has 0 atom stereocenters. The Morgan fingerprint density at radius 3 is 2.06 bits per heavy atom. The Balaban J connectivity index is 1.66. The number of nitrogens with zero attached hydrogens (tertiary/aromatic N) is 3. The summed E-state index contributed by atoms with van der Waals surface area (Å²) in [7, 11) is -3.12. The molecular formula is C27H24N3O3P. The van der Waals surface area contributed by atoms with Gasteiger partial charge in [-0.15, -0.1) is 0 Å². The quantitative estimate of drug-likeness (QED) is 0.178. The first-order valence-corrected chi connectivity index (χ1v) is 12.9. The fourth-order valence-electron chi connectivity index (χ4n) is 4.80. The van der Waals surface area contributed by atoms with Crippen molar-refractivity contribution in [2.45, 2.75) is 26.2 Å². The molecule has 0 aliphatic heterocycles. The number of rotatable bonds is 6. The van der Waals surface area contributed by atoms with E-state index >= 15 is 4.57 Å². The van der Waals surface area contributed by atoms with Crippen LogP contribution in [-0.2, 0) is 17.4 Å². The van der Waals surface area contributed by atoms with Crippen LogP contribution in [0.4, 0.5) is 5.69 Å². The lowest BCUT2D eigenvalue weighted by molar-refractivity contribution is -0.384. The molecule has 34 heavy (non-hydrogen) atoms. The summed E-state index contributed by atoms with van der Waals surface area (Å²) >= 11 is 0. The zero-order chi connectivity index (χ0) is 23.7. The molecular weight excluding hydrogens is 445 g/mol.